The van der Waals surface area contributed by atoms with Gasteiger partial charge >= 0.3 is 0 Å². The number of halogens is 2. The summed E-state index contributed by atoms with van der Waals surface area (Å²) in [7, 11) is 1.71. The van der Waals surface area contributed by atoms with Crippen molar-refractivity contribution in [1.82, 2.24) is 10.2 Å². The number of hydrogen-bond acceptors (Lipinski definition) is 3. The molecule has 2 atom stereocenters. The van der Waals surface area contributed by atoms with E-state index in [1.807, 2.05) is 6.07 Å². The maximum absolute atomic E-state index is 5.28. The van der Waals surface area contributed by atoms with E-state index in [2.05, 4.69) is 38.3 Å². The maximum Gasteiger partial charge on any atom is 0.133 e. The molecule has 0 bridgehead atoms. The Kier molecular flexibility index (Phi) is 5.73. The SMILES string of the molecule is COc1ccc(CN2CCC3CNCC3C2)cc1Br.Cl. The van der Waals surface area contributed by atoms with Gasteiger partial charge in [0.1, 0.15) is 5.75 Å². The molecule has 2 aliphatic heterocycles. The summed E-state index contributed by atoms with van der Waals surface area (Å²) < 4.78 is 6.32. The lowest BCUT2D eigenvalue weighted by Crippen LogP contribution is -2.39. The van der Waals surface area contributed by atoms with E-state index in [-0.39, 0.29) is 12.4 Å². The number of hydrogen-bond donors (Lipinski definition) is 1. The minimum Gasteiger partial charge on any atom is -0.496 e. The molecule has 112 valence electrons. The molecule has 0 aliphatic carbocycles. The van der Waals surface area contributed by atoms with Crippen LogP contribution in [0.2, 0.25) is 0 Å². The van der Waals surface area contributed by atoms with Gasteiger partial charge in [-0.05, 0) is 71.5 Å². The zero-order valence-corrected chi connectivity index (χ0v) is 14.2. The molecule has 0 aromatic heterocycles. The average Bonchev–Trinajstić information content (AvgIpc) is 2.86. The van der Waals surface area contributed by atoms with E-state index < -0.39 is 0 Å². The van der Waals surface area contributed by atoms with Crippen LogP contribution < -0.4 is 10.1 Å². The molecule has 0 amide bonds. The van der Waals surface area contributed by atoms with Crippen molar-refractivity contribution >= 4 is 28.3 Å². The smallest absolute Gasteiger partial charge is 0.133 e. The van der Waals surface area contributed by atoms with Gasteiger partial charge in [0.2, 0.25) is 0 Å². The summed E-state index contributed by atoms with van der Waals surface area (Å²) in [4.78, 5) is 2.59. The van der Waals surface area contributed by atoms with Crippen molar-refractivity contribution in [3.63, 3.8) is 0 Å². The lowest BCUT2D eigenvalue weighted by Gasteiger charge is -2.34. The summed E-state index contributed by atoms with van der Waals surface area (Å²) in [6, 6.07) is 6.39. The Bertz CT molecular complexity index is 457. The third-order valence-electron chi connectivity index (χ3n) is 4.41. The average molecular weight is 362 g/mol. The van der Waals surface area contributed by atoms with E-state index >= 15 is 0 Å². The fourth-order valence-corrected chi connectivity index (χ4v) is 3.91. The van der Waals surface area contributed by atoms with Gasteiger partial charge in [-0.2, -0.15) is 0 Å². The van der Waals surface area contributed by atoms with Crippen LogP contribution in [0.1, 0.15) is 12.0 Å². The molecule has 1 N–H and O–H groups in total. The van der Waals surface area contributed by atoms with Gasteiger partial charge in [-0.1, -0.05) is 6.07 Å². The van der Waals surface area contributed by atoms with Crippen LogP contribution in [0, 0.1) is 11.8 Å². The Morgan fingerprint density at radius 2 is 2.15 bits per heavy atom. The van der Waals surface area contributed by atoms with Crippen LogP contribution in [0.4, 0.5) is 0 Å². The molecule has 2 unspecified atom stereocenters. The number of piperidine rings is 1. The van der Waals surface area contributed by atoms with Crippen LogP contribution in [0.25, 0.3) is 0 Å². The lowest BCUT2D eigenvalue weighted by molar-refractivity contribution is 0.142. The van der Waals surface area contributed by atoms with Crippen molar-refractivity contribution in [2.45, 2.75) is 13.0 Å². The van der Waals surface area contributed by atoms with Gasteiger partial charge in [0.25, 0.3) is 0 Å². The summed E-state index contributed by atoms with van der Waals surface area (Å²) in [5.41, 5.74) is 1.36. The number of methoxy groups -OCH3 is 1. The van der Waals surface area contributed by atoms with E-state index in [1.165, 1.54) is 38.2 Å². The van der Waals surface area contributed by atoms with Crippen molar-refractivity contribution in [3.8, 4) is 5.75 Å². The molecule has 3 nitrogen and oxygen atoms in total. The first-order valence-corrected chi connectivity index (χ1v) is 7.81. The molecule has 0 saturated carbocycles. The van der Waals surface area contributed by atoms with Crippen LogP contribution in [0.3, 0.4) is 0 Å². The number of ether oxygens (including phenoxy) is 1. The molecule has 2 fully saturated rings. The molecule has 2 heterocycles. The first-order chi connectivity index (χ1) is 9.26. The number of likely N-dealkylation sites (tertiary alicyclic amines) is 1. The lowest BCUT2D eigenvalue weighted by atomic mass is 9.88. The summed E-state index contributed by atoms with van der Waals surface area (Å²) in [6.07, 6.45) is 1.34. The molecule has 1 aromatic rings. The second-order valence-electron chi connectivity index (χ2n) is 5.67. The van der Waals surface area contributed by atoms with E-state index in [0.717, 1.165) is 28.6 Å². The van der Waals surface area contributed by atoms with Gasteiger partial charge in [0.15, 0.2) is 0 Å². The Balaban J connectivity index is 0.00000147. The van der Waals surface area contributed by atoms with Crippen molar-refractivity contribution in [3.05, 3.63) is 28.2 Å². The number of nitrogens with one attached hydrogen (secondary N) is 1. The molecule has 1 aromatic carbocycles. The minimum atomic E-state index is 0. The largest absolute Gasteiger partial charge is 0.496 e. The van der Waals surface area contributed by atoms with Crippen LogP contribution in [-0.2, 0) is 6.54 Å². The summed E-state index contributed by atoms with van der Waals surface area (Å²) >= 11 is 3.56. The van der Waals surface area contributed by atoms with Crippen LogP contribution in [0.15, 0.2) is 22.7 Å². The van der Waals surface area contributed by atoms with Gasteiger partial charge in [-0.15, -0.1) is 12.4 Å². The normalized spacial score (nSPS) is 25.9. The second kappa shape index (κ2) is 7.12. The highest BCUT2D eigenvalue weighted by Gasteiger charge is 2.32. The van der Waals surface area contributed by atoms with Gasteiger partial charge in [0.05, 0.1) is 11.6 Å². The first kappa shape index (κ1) is 16.1. The molecule has 2 aliphatic rings. The van der Waals surface area contributed by atoms with Gasteiger partial charge < -0.3 is 10.1 Å². The Morgan fingerprint density at radius 1 is 1.35 bits per heavy atom. The Labute approximate surface area is 135 Å². The highest BCUT2D eigenvalue weighted by molar-refractivity contribution is 9.10. The van der Waals surface area contributed by atoms with E-state index in [1.54, 1.807) is 7.11 Å². The molecule has 0 spiro atoms. The molecule has 20 heavy (non-hydrogen) atoms. The first-order valence-electron chi connectivity index (χ1n) is 7.02. The fourth-order valence-electron chi connectivity index (χ4n) is 3.32. The molecular formula is C15H22BrClN2O. The number of benzene rings is 1. The topological polar surface area (TPSA) is 24.5 Å². The van der Waals surface area contributed by atoms with Gasteiger partial charge in [-0.3, -0.25) is 4.90 Å². The zero-order valence-electron chi connectivity index (χ0n) is 11.8. The van der Waals surface area contributed by atoms with Crippen LogP contribution >= 0.6 is 28.3 Å². The zero-order chi connectivity index (χ0) is 13.2. The van der Waals surface area contributed by atoms with Gasteiger partial charge in [-0.25, -0.2) is 0 Å². The van der Waals surface area contributed by atoms with Crippen LogP contribution in [0.5, 0.6) is 5.75 Å². The quantitative estimate of drug-likeness (QED) is 0.896. The molecule has 2 saturated heterocycles. The predicted octanol–water partition coefficient (Wildman–Crippen LogP) is 2.92. The number of nitrogens with zero attached hydrogens (tertiary/aromatic N) is 1. The third kappa shape index (κ3) is 3.48. The second-order valence-corrected chi connectivity index (χ2v) is 6.53. The van der Waals surface area contributed by atoms with Crippen molar-refractivity contribution in [2.75, 3.05) is 33.3 Å². The van der Waals surface area contributed by atoms with Crippen molar-refractivity contribution in [2.24, 2.45) is 11.8 Å². The highest BCUT2D eigenvalue weighted by atomic mass is 79.9. The highest BCUT2D eigenvalue weighted by Crippen LogP contribution is 2.29. The molecule has 3 rings (SSSR count). The van der Waals surface area contributed by atoms with E-state index in [9.17, 15) is 0 Å². The van der Waals surface area contributed by atoms with Crippen molar-refractivity contribution in [1.29, 1.82) is 0 Å². The summed E-state index contributed by atoms with van der Waals surface area (Å²) in [6.45, 7) is 5.94. The van der Waals surface area contributed by atoms with E-state index in [4.69, 9.17) is 4.74 Å². The van der Waals surface area contributed by atoms with Crippen molar-refractivity contribution < 1.29 is 4.74 Å². The Hall–Kier alpha value is -0.290. The standard InChI is InChI=1S/C15H21BrN2O.ClH/c1-19-15-3-2-11(6-14(15)16)9-18-5-4-12-7-17-8-13(12)10-18;/h2-3,6,12-13,17H,4-5,7-10H2,1H3;1H. The molecule has 5 heteroatoms. The van der Waals surface area contributed by atoms with Crippen LogP contribution in [-0.4, -0.2) is 38.2 Å². The maximum atomic E-state index is 5.28. The predicted molar refractivity (Wildman–Crippen MR) is 87.7 cm³/mol. The summed E-state index contributed by atoms with van der Waals surface area (Å²) in [5, 5.41) is 3.52. The number of fused-ring (bicyclic) bond motifs is 1. The monoisotopic (exact) mass is 360 g/mol. The Morgan fingerprint density at radius 3 is 2.90 bits per heavy atom. The minimum absolute atomic E-state index is 0. The van der Waals surface area contributed by atoms with Gasteiger partial charge in [0, 0.05) is 13.1 Å². The molecule has 0 radical (unpaired) electrons. The summed E-state index contributed by atoms with van der Waals surface area (Å²) in [5.74, 6) is 2.68. The van der Waals surface area contributed by atoms with E-state index in [0.29, 0.717) is 0 Å². The fraction of sp³-hybridized carbons (Fsp3) is 0.600. The number of rotatable bonds is 3. The third-order valence-corrected chi connectivity index (χ3v) is 5.03. The molecular weight excluding hydrogens is 340 g/mol.